The molecule has 42 heavy (non-hydrogen) atoms. The summed E-state index contributed by atoms with van der Waals surface area (Å²) in [5.74, 6) is 1.62. The first-order valence-corrected chi connectivity index (χ1v) is 16.0. The molecule has 0 amide bonds. The number of piperidine rings is 1. The van der Waals surface area contributed by atoms with E-state index in [0.29, 0.717) is 16.4 Å². The fourth-order valence-electron chi connectivity index (χ4n) is 5.67. The number of nitrogens with zero attached hydrogens (tertiary/aromatic N) is 3. The van der Waals surface area contributed by atoms with Crippen molar-refractivity contribution in [3.63, 3.8) is 0 Å². The number of hydrogen-bond acceptors (Lipinski definition) is 8. The maximum atomic E-state index is 13.7. The Labute approximate surface area is 255 Å². The Balaban J connectivity index is 1.55. The standard InChI is InChI=1S/C34H47N5O2S/c1-8-24-10-9-11-29(42-33-32(35)38-30(19-37-33)39-14-12-34(7,36)13-15-39)27(24)16-21(4)23(6)31(41)26-18-25(20(2)3)28(40)17-22(26)5/h9-11,17-21,23,40H,8,12-16,36H2,1-7H3,(H2,35,38). The number of anilines is 2. The molecule has 0 saturated carbocycles. The van der Waals surface area contributed by atoms with E-state index in [1.54, 1.807) is 17.8 Å². The molecule has 2 unspecified atom stereocenters. The van der Waals surface area contributed by atoms with Crippen molar-refractivity contribution in [2.75, 3.05) is 23.7 Å². The normalized spacial score (nSPS) is 16.5. The molecule has 1 fully saturated rings. The van der Waals surface area contributed by atoms with Crippen LogP contribution in [-0.4, -0.2) is 39.5 Å². The van der Waals surface area contributed by atoms with E-state index in [4.69, 9.17) is 21.4 Å². The Morgan fingerprint density at radius 3 is 2.48 bits per heavy atom. The Morgan fingerprint density at radius 1 is 1.17 bits per heavy atom. The van der Waals surface area contributed by atoms with Crippen LogP contribution in [0.15, 0.2) is 46.5 Å². The number of Topliss-reactive ketones (excluding diaryl/α,β-unsaturated/α-hetero) is 1. The van der Waals surface area contributed by atoms with Gasteiger partial charge in [-0.1, -0.05) is 58.5 Å². The lowest BCUT2D eigenvalue weighted by atomic mass is 9.81. The molecule has 3 aromatic rings. The Hall–Kier alpha value is -3.10. The van der Waals surface area contributed by atoms with Crippen molar-refractivity contribution in [3.8, 4) is 5.75 Å². The summed E-state index contributed by atoms with van der Waals surface area (Å²) < 4.78 is 0. The van der Waals surface area contributed by atoms with Crippen molar-refractivity contribution < 1.29 is 9.90 Å². The summed E-state index contributed by atoms with van der Waals surface area (Å²) >= 11 is 1.54. The van der Waals surface area contributed by atoms with E-state index in [9.17, 15) is 9.90 Å². The zero-order chi connectivity index (χ0) is 30.8. The predicted octanol–water partition coefficient (Wildman–Crippen LogP) is 6.93. The largest absolute Gasteiger partial charge is 0.508 e. The van der Waals surface area contributed by atoms with Crippen LogP contribution in [0.1, 0.15) is 92.9 Å². The third-order valence-corrected chi connectivity index (χ3v) is 9.96. The van der Waals surface area contributed by atoms with E-state index in [0.717, 1.165) is 60.6 Å². The number of carbonyl (C=O) groups excluding carboxylic acids is 1. The minimum atomic E-state index is -0.194. The van der Waals surface area contributed by atoms with Crippen LogP contribution in [0.25, 0.3) is 0 Å². The number of nitrogen functional groups attached to an aromatic ring is 1. The summed E-state index contributed by atoms with van der Waals surface area (Å²) in [6.45, 7) is 16.1. The van der Waals surface area contributed by atoms with Crippen molar-refractivity contribution in [3.05, 3.63) is 64.3 Å². The number of ketones is 1. The summed E-state index contributed by atoms with van der Waals surface area (Å²) in [5, 5.41) is 11.1. The summed E-state index contributed by atoms with van der Waals surface area (Å²) in [6.07, 6.45) is 5.27. The van der Waals surface area contributed by atoms with Gasteiger partial charge in [0.05, 0.1) is 6.20 Å². The monoisotopic (exact) mass is 589 g/mol. The molecular formula is C34H47N5O2S. The van der Waals surface area contributed by atoms with E-state index in [1.807, 2.05) is 40.0 Å². The summed E-state index contributed by atoms with van der Waals surface area (Å²) in [7, 11) is 0. The lowest BCUT2D eigenvalue weighted by Crippen LogP contribution is -2.48. The summed E-state index contributed by atoms with van der Waals surface area (Å²) in [4.78, 5) is 26.5. The van der Waals surface area contributed by atoms with Crippen LogP contribution in [0.5, 0.6) is 5.75 Å². The van der Waals surface area contributed by atoms with Crippen molar-refractivity contribution in [2.24, 2.45) is 17.6 Å². The van der Waals surface area contributed by atoms with Crippen LogP contribution >= 0.6 is 11.8 Å². The lowest BCUT2D eigenvalue weighted by molar-refractivity contribution is 0.0892. The fourth-order valence-corrected chi connectivity index (χ4v) is 6.62. The van der Waals surface area contributed by atoms with E-state index in [2.05, 4.69) is 43.9 Å². The molecule has 1 aliphatic rings. The number of benzene rings is 2. The number of phenols is 1. The molecule has 7 nitrogen and oxygen atoms in total. The molecule has 1 aromatic heterocycles. The Bertz CT molecular complexity index is 1430. The highest BCUT2D eigenvalue weighted by Gasteiger charge is 2.28. The molecule has 8 heteroatoms. The molecule has 1 saturated heterocycles. The van der Waals surface area contributed by atoms with Crippen molar-refractivity contribution >= 4 is 29.2 Å². The second-order valence-electron chi connectivity index (χ2n) is 12.6. The first kappa shape index (κ1) is 31.8. The molecule has 1 aliphatic heterocycles. The van der Waals surface area contributed by atoms with Crippen LogP contribution in [0.3, 0.4) is 0 Å². The maximum Gasteiger partial charge on any atom is 0.166 e. The van der Waals surface area contributed by atoms with E-state index >= 15 is 0 Å². The van der Waals surface area contributed by atoms with Crippen LogP contribution in [0.4, 0.5) is 11.6 Å². The van der Waals surface area contributed by atoms with Gasteiger partial charge >= 0.3 is 0 Å². The predicted molar refractivity (Wildman–Crippen MR) is 174 cm³/mol. The van der Waals surface area contributed by atoms with E-state index < -0.39 is 0 Å². The maximum absolute atomic E-state index is 13.7. The molecule has 2 aromatic carbocycles. The molecule has 0 bridgehead atoms. The first-order chi connectivity index (χ1) is 19.8. The number of hydrogen-bond donors (Lipinski definition) is 3. The highest BCUT2D eigenvalue weighted by Crippen LogP contribution is 2.37. The molecule has 0 aliphatic carbocycles. The average Bonchev–Trinajstić information content (AvgIpc) is 2.94. The number of phenolic OH excluding ortho intramolecular Hbond substituents is 1. The van der Waals surface area contributed by atoms with Gasteiger partial charge in [-0.15, -0.1) is 0 Å². The van der Waals surface area contributed by atoms with Crippen molar-refractivity contribution in [1.29, 1.82) is 0 Å². The number of nitrogens with two attached hydrogens (primary N) is 2. The van der Waals surface area contributed by atoms with Gasteiger partial charge in [0.1, 0.15) is 16.6 Å². The van der Waals surface area contributed by atoms with Gasteiger partial charge in [0, 0.05) is 35.0 Å². The van der Waals surface area contributed by atoms with Gasteiger partial charge in [-0.05, 0) is 91.8 Å². The van der Waals surface area contributed by atoms with Gasteiger partial charge in [0.2, 0.25) is 0 Å². The first-order valence-electron chi connectivity index (χ1n) is 15.1. The molecular weight excluding hydrogens is 542 g/mol. The van der Waals surface area contributed by atoms with Gasteiger partial charge in [0.25, 0.3) is 0 Å². The van der Waals surface area contributed by atoms with Gasteiger partial charge < -0.3 is 21.5 Å². The highest BCUT2D eigenvalue weighted by atomic mass is 32.2. The molecule has 0 radical (unpaired) electrons. The number of carbonyl (C=O) groups is 1. The Kier molecular flexibility index (Phi) is 9.88. The van der Waals surface area contributed by atoms with Gasteiger partial charge in [-0.3, -0.25) is 4.79 Å². The van der Waals surface area contributed by atoms with Crippen LogP contribution in [0.2, 0.25) is 0 Å². The van der Waals surface area contributed by atoms with E-state index in [1.165, 1.54) is 11.1 Å². The third-order valence-electron chi connectivity index (χ3n) is 8.85. The van der Waals surface area contributed by atoms with Crippen LogP contribution < -0.4 is 16.4 Å². The number of aryl methyl sites for hydroxylation is 2. The van der Waals surface area contributed by atoms with Gasteiger partial charge in [-0.2, -0.15) is 0 Å². The Morgan fingerprint density at radius 2 is 1.86 bits per heavy atom. The smallest absolute Gasteiger partial charge is 0.166 e. The van der Waals surface area contributed by atoms with E-state index in [-0.39, 0.29) is 34.8 Å². The molecule has 2 atom stereocenters. The van der Waals surface area contributed by atoms with Crippen LogP contribution in [-0.2, 0) is 12.8 Å². The second-order valence-corrected chi connectivity index (χ2v) is 13.7. The number of rotatable bonds is 10. The molecule has 4 rings (SSSR count). The van der Waals surface area contributed by atoms with Gasteiger partial charge in [-0.25, -0.2) is 9.97 Å². The molecule has 2 heterocycles. The minimum Gasteiger partial charge on any atom is -0.508 e. The number of aromatic nitrogens is 2. The van der Waals surface area contributed by atoms with Crippen molar-refractivity contribution in [1.82, 2.24) is 9.97 Å². The second kappa shape index (κ2) is 13.0. The van der Waals surface area contributed by atoms with Crippen molar-refractivity contribution in [2.45, 2.75) is 95.5 Å². The molecule has 5 N–H and O–H groups in total. The van der Waals surface area contributed by atoms with Gasteiger partial charge in [0.15, 0.2) is 11.6 Å². The quantitative estimate of drug-likeness (QED) is 0.218. The summed E-state index contributed by atoms with van der Waals surface area (Å²) in [5.41, 5.74) is 17.4. The topological polar surface area (TPSA) is 118 Å². The number of aromatic hydroxyl groups is 1. The lowest BCUT2D eigenvalue weighted by Gasteiger charge is -2.37. The molecule has 0 spiro atoms. The highest BCUT2D eigenvalue weighted by molar-refractivity contribution is 7.99. The minimum absolute atomic E-state index is 0.0957. The van der Waals surface area contributed by atoms with Crippen LogP contribution in [0, 0.1) is 18.8 Å². The third kappa shape index (κ3) is 7.09. The zero-order valence-electron chi connectivity index (χ0n) is 26.2. The fraction of sp³-hybridized carbons (Fsp3) is 0.500. The zero-order valence-corrected chi connectivity index (χ0v) is 27.0. The summed E-state index contributed by atoms with van der Waals surface area (Å²) in [6, 6.07) is 9.95. The SMILES string of the molecule is CCc1cccc(Sc2ncc(N3CCC(C)(N)CC3)nc2N)c1CC(C)C(C)C(=O)c1cc(C(C)C)c(O)cc1C. The molecule has 226 valence electrons. The average molecular weight is 590 g/mol.